The molecule has 0 amide bonds. The van der Waals surface area contributed by atoms with E-state index >= 15 is 0 Å². The third-order valence-corrected chi connectivity index (χ3v) is 4.16. The van der Waals surface area contributed by atoms with Gasteiger partial charge >= 0.3 is 0 Å². The monoisotopic (exact) mass is 280 g/mol. The number of rotatable bonds is 3. The predicted molar refractivity (Wildman–Crippen MR) is 85.3 cm³/mol. The number of hydrogen-bond donors (Lipinski definition) is 1. The van der Waals surface area contributed by atoms with E-state index < -0.39 is 0 Å². The van der Waals surface area contributed by atoms with E-state index in [0.29, 0.717) is 11.5 Å². The molecule has 0 saturated carbocycles. The van der Waals surface area contributed by atoms with Crippen LogP contribution >= 0.6 is 0 Å². The summed E-state index contributed by atoms with van der Waals surface area (Å²) >= 11 is 0. The molecule has 1 aliphatic rings. The summed E-state index contributed by atoms with van der Waals surface area (Å²) in [6.07, 6.45) is 2.44. The molecular weight excluding hydrogens is 260 g/mol. The van der Waals surface area contributed by atoms with Crippen LogP contribution in [0.4, 0.5) is 5.82 Å². The summed E-state index contributed by atoms with van der Waals surface area (Å²) in [5, 5.41) is 13.6. The molecule has 1 aromatic heterocycles. The number of pyridine rings is 1. The first-order valence-electron chi connectivity index (χ1n) is 7.51. The summed E-state index contributed by atoms with van der Waals surface area (Å²) in [6, 6.07) is 12.1. The molecule has 0 spiro atoms. The van der Waals surface area contributed by atoms with Gasteiger partial charge in [-0.2, -0.15) is 5.26 Å². The van der Waals surface area contributed by atoms with Crippen LogP contribution in [0.15, 0.2) is 30.3 Å². The third kappa shape index (κ3) is 2.84. The summed E-state index contributed by atoms with van der Waals surface area (Å²) < 4.78 is 0. The van der Waals surface area contributed by atoms with Crippen LogP contribution in [0.2, 0.25) is 0 Å². The Hall–Kier alpha value is -2.12. The summed E-state index contributed by atoms with van der Waals surface area (Å²) in [5.41, 5.74) is 1.62. The highest BCUT2D eigenvalue weighted by Gasteiger charge is 2.21. The molecular formula is C17H20N4. The molecule has 21 heavy (non-hydrogen) atoms. The molecule has 2 heterocycles. The maximum Gasteiger partial charge on any atom is 0.130 e. The zero-order valence-electron chi connectivity index (χ0n) is 12.3. The zero-order chi connectivity index (χ0) is 14.7. The Bertz CT molecular complexity index is 672. The maximum atomic E-state index is 9.39. The minimum Gasteiger partial charge on any atom is -0.356 e. The van der Waals surface area contributed by atoms with Crippen LogP contribution in [0.5, 0.6) is 0 Å². The van der Waals surface area contributed by atoms with Crippen molar-refractivity contribution in [2.45, 2.75) is 12.8 Å². The van der Waals surface area contributed by atoms with Gasteiger partial charge in [-0.15, -0.1) is 0 Å². The number of fused-ring (bicyclic) bond motifs is 1. The second-order valence-corrected chi connectivity index (χ2v) is 5.67. The van der Waals surface area contributed by atoms with E-state index in [9.17, 15) is 5.26 Å². The molecule has 1 aliphatic heterocycles. The van der Waals surface area contributed by atoms with Gasteiger partial charge in [0, 0.05) is 18.5 Å². The van der Waals surface area contributed by atoms with Gasteiger partial charge in [-0.25, -0.2) is 4.98 Å². The van der Waals surface area contributed by atoms with Crippen molar-refractivity contribution in [3.8, 4) is 6.07 Å². The highest BCUT2D eigenvalue weighted by Crippen LogP contribution is 2.26. The van der Waals surface area contributed by atoms with Gasteiger partial charge < -0.3 is 10.2 Å². The minimum atomic E-state index is 0.655. The van der Waals surface area contributed by atoms with E-state index in [4.69, 9.17) is 4.98 Å². The van der Waals surface area contributed by atoms with Crippen LogP contribution in [0, 0.1) is 17.2 Å². The normalized spacial score (nSPS) is 18.7. The molecule has 1 aromatic carbocycles. The van der Waals surface area contributed by atoms with Crippen LogP contribution in [-0.2, 0) is 0 Å². The van der Waals surface area contributed by atoms with Gasteiger partial charge in [0.05, 0.1) is 17.1 Å². The molecule has 0 aliphatic carbocycles. The Morgan fingerprint density at radius 3 is 3.10 bits per heavy atom. The largest absolute Gasteiger partial charge is 0.356 e. The number of para-hydroxylation sites is 1. The lowest BCUT2D eigenvalue weighted by atomic mass is 9.98. The first kappa shape index (κ1) is 13.8. The molecule has 1 N–H and O–H groups in total. The summed E-state index contributed by atoms with van der Waals surface area (Å²) in [6.45, 7) is 3.07. The van der Waals surface area contributed by atoms with E-state index in [1.165, 1.54) is 12.8 Å². The van der Waals surface area contributed by atoms with Crippen LogP contribution in [0.25, 0.3) is 10.9 Å². The second-order valence-electron chi connectivity index (χ2n) is 5.67. The lowest BCUT2D eigenvalue weighted by molar-refractivity contribution is 0.401. The predicted octanol–water partition coefficient (Wildman–Crippen LogP) is 2.54. The van der Waals surface area contributed by atoms with Crippen molar-refractivity contribution < 1.29 is 0 Å². The van der Waals surface area contributed by atoms with Crippen LogP contribution < -0.4 is 10.2 Å². The van der Waals surface area contributed by atoms with Gasteiger partial charge in [0.15, 0.2) is 0 Å². The molecule has 4 heteroatoms. The van der Waals surface area contributed by atoms with Gasteiger partial charge in [-0.05, 0) is 44.5 Å². The second kappa shape index (κ2) is 6.11. The molecule has 108 valence electrons. The van der Waals surface area contributed by atoms with E-state index in [1.54, 1.807) is 0 Å². The molecule has 1 unspecified atom stereocenters. The van der Waals surface area contributed by atoms with Gasteiger partial charge in [-0.1, -0.05) is 18.2 Å². The fourth-order valence-corrected chi connectivity index (χ4v) is 3.14. The Balaban J connectivity index is 1.95. The van der Waals surface area contributed by atoms with E-state index in [-0.39, 0.29) is 0 Å². The fourth-order valence-electron chi connectivity index (χ4n) is 3.14. The van der Waals surface area contributed by atoms with Gasteiger partial charge in [0.25, 0.3) is 0 Å². The minimum absolute atomic E-state index is 0.655. The van der Waals surface area contributed by atoms with Crippen molar-refractivity contribution >= 4 is 16.7 Å². The number of piperidine rings is 1. The molecule has 1 fully saturated rings. The quantitative estimate of drug-likeness (QED) is 0.938. The first-order chi connectivity index (χ1) is 10.3. The highest BCUT2D eigenvalue weighted by molar-refractivity contribution is 5.86. The number of aromatic nitrogens is 1. The molecule has 1 saturated heterocycles. The summed E-state index contributed by atoms with van der Waals surface area (Å²) in [4.78, 5) is 7.07. The van der Waals surface area contributed by atoms with E-state index in [0.717, 1.165) is 36.4 Å². The number of anilines is 1. The lowest BCUT2D eigenvalue weighted by Crippen LogP contribution is -2.39. The SMILES string of the molecule is CNCC1CCCN(c2cc(C#N)c3ccccc3n2)C1. The highest BCUT2D eigenvalue weighted by atomic mass is 15.2. The van der Waals surface area contributed by atoms with Gasteiger partial charge in [-0.3, -0.25) is 0 Å². The first-order valence-corrected chi connectivity index (χ1v) is 7.51. The Morgan fingerprint density at radius 2 is 2.29 bits per heavy atom. The molecule has 4 nitrogen and oxygen atoms in total. The van der Waals surface area contributed by atoms with Crippen molar-refractivity contribution in [2.24, 2.45) is 5.92 Å². The molecule has 1 atom stereocenters. The number of nitrogens with zero attached hydrogens (tertiary/aromatic N) is 3. The van der Waals surface area contributed by atoms with Crippen molar-refractivity contribution in [1.29, 1.82) is 5.26 Å². The van der Waals surface area contributed by atoms with Crippen molar-refractivity contribution in [3.05, 3.63) is 35.9 Å². The number of nitrogens with one attached hydrogen (secondary N) is 1. The topological polar surface area (TPSA) is 52.0 Å². The fraction of sp³-hybridized carbons (Fsp3) is 0.412. The Morgan fingerprint density at radius 1 is 1.43 bits per heavy atom. The smallest absolute Gasteiger partial charge is 0.130 e. The maximum absolute atomic E-state index is 9.39. The van der Waals surface area contributed by atoms with Crippen molar-refractivity contribution in [1.82, 2.24) is 10.3 Å². The van der Waals surface area contributed by atoms with E-state index in [2.05, 4.69) is 16.3 Å². The molecule has 2 aromatic rings. The van der Waals surface area contributed by atoms with Crippen molar-refractivity contribution in [3.63, 3.8) is 0 Å². The van der Waals surface area contributed by atoms with Gasteiger partial charge in [0.2, 0.25) is 0 Å². The van der Waals surface area contributed by atoms with Crippen molar-refractivity contribution in [2.75, 3.05) is 31.6 Å². The average Bonchev–Trinajstić information content (AvgIpc) is 2.54. The molecule has 0 bridgehead atoms. The van der Waals surface area contributed by atoms with Crippen LogP contribution in [0.3, 0.4) is 0 Å². The average molecular weight is 280 g/mol. The van der Waals surface area contributed by atoms with E-state index in [1.807, 2.05) is 37.4 Å². The third-order valence-electron chi connectivity index (χ3n) is 4.16. The van der Waals surface area contributed by atoms with Crippen LogP contribution in [-0.4, -0.2) is 31.7 Å². The summed E-state index contributed by atoms with van der Waals surface area (Å²) in [5.74, 6) is 1.59. The van der Waals surface area contributed by atoms with Crippen LogP contribution in [0.1, 0.15) is 18.4 Å². The summed E-state index contributed by atoms with van der Waals surface area (Å²) in [7, 11) is 2.00. The number of nitriles is 1. The zero-order valence-corrected chi connectivity index (χ0v) is 12.3. The van der Waals surface area contributed by atoms with Gasteiger partial charge in [0.1, 0.15) is 5.82 Å². The number of benzene rings is 1. The lowest BCUT2D eigenvalue weighted by Gasteiger charge is -2.33. The number of hydrogen-bond acceptors (Lipinski definition) is 4. The standard InChI is InChI=1S/C17H20N4/c1-19-11-13-5-4-8-21(12-13)17-9-14(10-18)15-6-2-3-7-16(15)20-17/h2-3,6-7,9,13,19H,4-5,8,11-12H2,1H3. The molecule has 0 radical (unpaired) electrons. The molecule has 3 rings (SSSR count). The Labute approximate surface area is 125 Å². The Kier molecular flexibility index (Phi) is 4.03.